The number of aliphatic hydroxyl groups excluding tert-OH is 1. The Morgan fingerprint density at radius 3 is 2.58 bits per heavy atom. The lowest BCUT2D eigenvalue weighted by atomic mass is 10.2. The second kappa shape index (κ2) is 7.12. The van der Waals surface area contributed by atoms with Crippen LogP contribution in [0.25, 0.3) is 5.95 Å². The molecular formula is C15H11Cl2FN4O2. The number of hydrogen-bond acceptors (Lipinski definition) is 5. The Hall–Kier alpha value is -2.22. The highest BCUT2D eigenvalue weighted by Gasteiger charge is 2.12. The Kier molecular flexibility index (Phi) is 4.94. The summed E-state index contributed by atoms with van der Waals surface area (Å²) in [6.45, 7) is -0.179. The first-order chi connectivity index (χ1) is 11.6. The fourth-order valence-corrected chi connectivity index (χ4v) is 2.41. The van der Waals surface area contributed by atoms with Crippen molar-refractivity contribution in [2.24, 2.45) is 0 Å². The second-order valence-electron chi connectivity index (χ2n) is 4.76. The van der Waals surface area contributed by atoms with Crippen molar-refractivity contribution in [1.82, 2.24) is 19.5 Å². The minimum absolute atomic E-state index is 0.0160. The summed E-state index contributed by atoms with van der Waals surface area (Å²) in [4.78, 5) is 12.2. The fraction of sp³-hybridized carbons (Fsp3) is 0.133. The molecule has 9 heteroatoms. The van der Waals surface area contributed by atoms with Gasteiger partial charge in [0.15, 0.2) is 5.75 Å². The number of rotatable bonds is 5. The van der Waals surface area contributed by atoms with E-state index in [0.717, 1.165) is 0 Å². The Morgan fingerprint density at radius 1 is 1.17 bits per heavy atom. The minimum Gasteiger partial charge on any atom is -0.486 e. The Bertz CT molecular complexity index is 855. The molecule has 0 radical (unpaired) electrons. The first-order valence-electron chi connectivity index (χ1n) is 6.80. The van der Waals surface area contributed by atoms with Crippen molar-refractivity contribution in [2.75, 3.05) is 0 Å². The monoisotopic (exact) mass is 368 g/mol. The van der Waals surface area contributed by atoms with Gasteiger partial charge in [-0.15, -0.1) is 0 Å². The van der Waals surface area contributed by atoms with Crippen molar-refractivity contribution in [1.29, 1.82) is 0 Å². The van der Waals surface area contributed by atoms with Crippen molar-refractivity contribution in [2.45, 2.75) is 13.2 Å². The van der Waals surface area contributed by atoms with Gasteiger partial charge in [0.25, 0.3) is 0 Å². The maximum atomic E-state index is 13.5. The van der Waals surface area contributed by atoms with Gasteiger partial charge in [-0.2, -0.15) is 0 Å². The third-order valence-electron chi connectivity index (χ3n) is 3.17. The standard InChI is InChI=1S/C15H11Cl2FN4O2/c16-12-1-2-13(18)14(17)11(12)7-24-10-3-19-15(20-4-10)22-5-9(6-23)21-8-22/h1-5,8,23H,6-7H2. The van der Waals surface area contributed by atoms with Gasteiger partial charge in [0.1, 0.15) is 18.8 Å². The summed E-state index contributed by atoms with van der Waals surface area (Å²) in [6.07, 6.45) is 6.03. The number of halogens is 3. The minimum atomic E-state index is -0.564. The van der Waals surface area contributed by atoms with Gasteiger partial charge in [0.2, 0.25) is 5.95 Å². The number of hydrogen-bond donors (Lipinski definition) is 1. The largest absolute Gasteiger partial charge is 0.486 e. The van der Waals surface area contributed by atoms with E-state index in [2.05, 4.69) is 15.0 Å². The lowest BCUT2D eigenvalue weighted by molar-refractivity contribution is 0.277. The van der Waals surface area contributed by atoms with Crippen LogP contribution >= 0.6 is 23.2 Å². The lowest BCUT2D eigenvalue weighted by Crippen LogP contribution is -2.02. The fourth-order valence-electron chi connectivity index (χ4n) is 1.93. The van der Waals surface area contributed by atoms with Gasteiger partial charge in [-0.25, -0.2) is 19.3 Å². The van der Waals surface area contributed by atoms with Crippen molar-refractivity contribution in [3.63, 3.8) is 0 Å². The lowest BCUT2D eigenvalue weighted by Gasteiger charge is -2.10. The molecule has 0 aliphatic carbocycles. The van der Waals surface area contributed by atoms with Crippen molar-refractivity contribution in [3.8, 4) is 11.7 Å². The first kappa shape index (κ1) is 16.6. The van der Waals surface area contributed by atoms with Crippen LogP contribution in [-0.2, 0) is 13.2 Å². The molecule has 0 bridgehead atoms. The van der Waals surface area contributed by atoms with Crippen LogP contribution in [-0.4, -0.2) is 24.6 Å². The molecule has 2 heterocycles. The van der Waals surface area contributed by atoms with Crippen LogP contribution in [0.15, 0.2) is 37.1 Å². The van der Waals surface area contributed by atoms with E-state index in [4.69, 9.17) is 33.0 Å². The number of nitrogens with zero attached hydrogens (tertiary/aromatic N) is 4. The number of ether oxygens (including phenoxy) is 1. The third-order valence-corrected chi connectivity index (χ3v) is 3.93. The van der Waals surface area contributed by atoms with Crippen molar-refractivity contribution < 1.29 is 14.2 Å². The molecule has 3 rings (SSSR count). The van der Waals surface area contributed by atoms with Crippen molar-refractivity contribution in [3.05, 3.63) is 64.2 Å². The second-order valence-corrected chi connectivity index (χ2v) is 5.54. The van der Waals surface area contributed by atoms with E-state index in [1.54, 1.807) is 10.8 Å². The van der Waals surface area contributed by atoms with E-state index in [1.165, 1.54) is 30.9 Å². The summed E-state index contributed by atoms with van der Waals surface area (Å²) >= 11 is 11.9. The van der Waals surface area contributed by atoms with Crippen LogP contribution in [0.4, 0.5) is 4.39 Å². The van der Waals surface area contributed by atoms with Crippen molar-refractivity contribution >= 4 is 23.2 Å². The number of benzene rings is 1. The number of aromatic nitrogens is 4. The molecule has 24 heavy (non-hydrogen) atoms. The molecular weight excluding hydrogens is 358 g/mol. The Morgan fingerprint density at radius 2 is 1.92 bits per heavy atom. The number of aliphatic hydroxyl groups is 1. The SMILES string of the molecule is OCc1cn(-c2ncc(OCc3c(Cl)ccc(F)c3Cl)cn2)cn1. The van der Waals surface area contributed by atoms with Gasteiger partial charge in [0.05, 0.1) is 29.7 Å². The zero-order chi connectivity index (χ0) is 17.1. The summed E-state index contributed by atoms with van der Waals surface area (Å²) in [7, 11) is 0. The zero-order valence-corrected chi connectivity index (χ0v) is 13.7. The summed E-state index contributed by atoms with van der Waals surface area (Å²) in [5.74, 6) is 0.181. The predicted molar refractivity (Wildman–Crippen MR) is 85.8 cm³/mol. The molecule has 0 saturated carbocycles. The molecule has 6 nitrogen and oxygen atoms in total. The van der Waals surface area contributed by atoms with Crippen LogP contribution < -0.4 is 4.74 Å². The highest BCUT2D eigenvalue weighted by Crippen LogP contribution is 2.28. The maximum absolute atomic E-state index is 13.5. The molecule has 0 fully saturated rings. The average Bonchev–Trinajstić information content (AvgIpc) is 3.08. The van der Waals surface area contributed by atoms with Crippen LogP contribution in [0.5, 0.6) is 5.75 Å². The van der Waals surface area contributed by atoms with Crippen LogP contribution in [0.1, 0.15) is 11.3 Å². The number of imidazole rings is 1. The van der Waals surface area contributed by atoms with Gasteiger partial charge in [-0.3, -0.25) is 4.57 Å². The predicted octanol–water partition coefficient (Wildman–Crippen LogP) is 3.18. The molecule has 3 aromatic rings. The average molecular weight is 369 g/mol. The third kappa shape index (κ3) is 3.48. The van der Waals surface area contributed by atoms with Crippen LogP contribution in [0.3, 0.4) is 0 Å². The quantitative estimate of drug-likeness (QED) is 0.700. The topological polar surface area (TPSA) is 73.1 Å². The van der Waals surface area contributed by atoms with Gasteiger partial charge in [-0.1, -0.05) is 23.2 Å². The van der Waals surface area contributed by atoms with E-state index >= 15 is 0 Å². The normalized spacial score (nSPS) is 10.8. The molecule has 0 spiro atoms. The Balaban J connectivity index is 1.72. The molecule has 2 aromatic heterocycles. The van der Waals surface area contributed by atoms with Gasteiger partial charge in [-0.05, 0) is 12.1 Å². The molecule has 0 aliphatic heterocycles. The summed E-state index contributed by atoms with van der Waals surface area (Å²) in [6, 6.07) is 2.61. The van der Waals surface area contributed by atoms with E-state index in [-0.39, 0.29) is 18.2 Å². The molecule has 0 amide bonds. The highest BCUT2D eigenvalue weighted by molar-refractivity contribution is 6.36. The van der Waals surface area contributed by atoms with Gasteiger partial charge in [0, 0.05) is 16.8 Å². The molecule has 1 N–H and O–H groups in total. The summed E-state index contributed by atoms with van der Waals surface area (Å²) < 4.78 is 20.5. The van der Waals surface area contributed by atoms with Crippen LogP contribution in [0.2, 0.25) is 10.0 Å². The van der Waals surface area contributed by atoms with E-state index in [0.29, 0.717) is 28.0 Å². The summed E-state index contributed by atoms with van der Waals surface area (Å²) in [5.41, 5.74) is 0.860. The molecule has 1 aromatic carbocycles. The molecule has 0 aliphatic rings. The molecule has 124 valence electrons. The smallest absolute Gasteiger partial charge is 0.235 e. The van der Waals surface area contributed by atoms with E-state index < -0.39 is 5.82 Å². The first-order valence-corrected chi connectivity index (χ1v) is 7.55. The molecule has 0 unspecified atom stereocenters. The van der Waals surface area contributed by atoms with E-state index in [1.807, 2.05) is 0 Å². The summed E-state index contributed by atoms with van der Waals surface area (Å²) in [5, 5.41) is 9.24. The molecule has 0 saturated heterocycles. The van der Waals surface area contributed by atoms with E-state index in [9.17, 15) is 4.39 Å². The van der Waals surface area contributed by atoms with Crippen LogP contribution in [0, 0.1) is 5.82 Å². The maximum Gasteiger partial charge on any atom is 0.235 e. The van der Waals surface area contributed by atoms with Gasteiger partial charge >= 0.3 is 0 Å². The zero-order valence-electron chi connectivity index (χ0n) is 12.2. The Labute approximate surface area is 146 Å². The molecule has 0 atom stereocenters. The highest BCUT2D eigenvalue weighted by atomic mass is 35.5. The van der Waals surface area contributed by atoms with Gasteiger partial charge < -0.3 is 9.84 Å².